The number of imidazole rings is 1. The number of carboxylic acids is 1. The maximum Gasteiger partial charge on any atom is 0.418 e. The number of ketones is 1. The number of aliphatic carboxylic acids is 1. The number of nitrogens with zero attached hydrogens (tertiary/aromatic N) is 6. The fraction of sp³-hybridized carbons (Fsp3) is 0.400. The zero-order chi connectivity index (χ0) is 32.9. The van der Waals surface area contributed by atoms with Crippen LogP contribution >= 0.6 is 11.3 Å². The highest BCUT2D eigenvalue weighted by Crippen LogP contribution is 2.40. The van der Waals surface area contributed by atoms with E-state index in [1.165, 1.54) is 25.4 Å². The molecule has 242 valence electrons. The maximum absolute atomic E-state index is 13.3. The van der Waals surface area contributed by atoms with Gasteiger partial charge in [-0.05, 0) is 32.9 Å². The molecule has 4 rings (SSSR count). The highest BCUT2D eigenvalue weighted by Gasteiger charge is 2.57. The quantitative estimate of drug-likeness (QED) is 0.0504. The van der Waals surface area contributed by atoms with Crippen molar-refractivity contribution in [2.24, 2.45) is 16.8 Å². The van der Waals surface area contributed by atoms with Gasteiger partial charge in [0, 0.05) is 17.9 Å². The van der Waals surface area contributed by atoms with Crippen molar-refractivity contribution in [3.63, 3.8) is 0 Å². The SMILES string of the molecule is CC1(C)[C@H](CC(=O)/C(=N\OC(COc2ccc(-n3cc[n+](CCCN)c3)nc2)C(=O)O)c2csc(N)n2)C(=O)N1OS(=O)(=O)O. The van der Waals surface area contributed by atoms with Gasteiger partial charge in [-0.2, -0.15) is 18.0 Å². The van der Waals surface area contributed by atoms with Crippen LogP contribution in [0.25, 0.3) is 5.82 Å². The number of anilines is 1. The second kappa shape index (κ2) is 13.6. The molecule has 4 heterocycles. The summed E-state index contributed by atoms with van der Waals surface area (Å²) in [5.41, 5.74) is 9.48. The van der Waals surface area contributed by atoms with E-state index in [4.69, 9.17) is 25.6 Å². The van der Waals surface area contributed by atoms with E-state index in [0.717, 1.165) is 24.3 Å². The third kappa shape index (κ3) is 8.16. The molecular weight excluding hydrogens is 636 g/mol. The summed E-state index contributed by atoms with van der Waals surface area (Å²) in [6.45, 7) is 3.65. The Bertz CT molecular complexity index is 1690. The number of hydrogen-bond acceptors (Lipinski definition) is 14. The topological polar surface area (TPSA) is 256 Å². The molecule has 1 saturated heterocycles. The van der Waals surface area contributed by atoms with Crippen LogP contribution in [0.15, 0.2) is 47.6 Å². The molecular formula is C25H31N8O10S2+. The minimum Gasteiger partial charge on any atom is -0.487 e. The zero-order valence-electron chi connectivity index (χ0n) is 24.0. The number of nitrogens with two attached hydrogens (primary N) is 2. The van der Waals surface area contributed by atoms with Gasteiger partial charge in [0.15, 0.2) is 16.6 Å². The van der Waals surface area contributed by atoms with Gasteiger partial charge < -0.3 is 26.1 Å². The zero-order valence-corrected chi connectivity index (χ0v) is 25.7. The number of aryl methyl sites for hydroxylation is 1. The van der Waals surface area contributed by atoms with Crippen LogP contribution in [0.5, 0.6) is 5.75 Å². The number of amides is 1. The van der Waals surface area contributed by atoms with Gasteiger partial charge >= 0.3 is 16.4 Å². The van der Waals surface area contributed by atoms with Gasteiger partial charge in [0.25, 0.3) is 12.0 Å². The van der Waals surface area contributed by atoms with Crippen LogP contribution in [-0.4, -0.2) is 85.8 Å². The molecule has 20 heteroatoms. The molecule has 1 fully saturated rings. The summed E-state index contributed by atoms with van der Waals surface area (Å²) in [4.78, 5) is 51.3. The van der Waals surface area contributed by atoms with Gasteiger partial charge in [-0.25, -0.2) is 19.3 Å². The molecule has 0 saturated carbocycles. The van der Waals surface area contributed by atoms with E-state index in [2.05, 4.69) is 19.4 Å². The third-order valence-electron chi connectivity index (χ3n) is 6.71. The number of Topliss-reactive ketones (excluding diaryl/α,β-unsaturated/α-hetero) is 1. The van der Waals surface area contributed by atoms with Crippen molar-refractivity contribution in [3.05, 3.63) is 48.1 Å². The number of carbonyl (C=O) groups excluding carboxylic acids is 2. The highest BCUT2D eigenvalue weighted by atomic mass is 32.3. The van der Waals surface area contributed by atoms with Gasteiger partial charge in [0.1, 0.15) is 30.4 Å². The van der Waals surface area contributed by atoms with Crippen molar-refractivity contribution in [3.8, 4) is 11.6 Å². The fourth-order valence-electron chi connectivity index (χ4n) is 4.27. The van der Waals surface area contributed by atoms with Gasteiger partial charge in [0.05, 0.1) is 24.2 Å². The first-order valence-electron chi connectivity index (χ1n) is 13.3. The Morgan fingerprint density at radius 2 is 2.07 bits per heavy atom. The second-order valence-corrected chi connectivity index (χ2v) is 12.2. The van der Waals surface area contributed by atoms with E-state index >= 15 is 0 Å². The number of ether oxygens (including phenoxy) is 1. The summed E-state index contributed by atoms with van der Waals surface area (Å²) in [5.74, 6) is -3.36. The predicted octanol–water partition coefficient (Wildman–Crippen LogP) is -0.269. The van der Waals surface area contributed by atoms with Crippen LogP contribution in [0.1, 0.15) is 32.4 Å². The summed E-state index contributed by atoms with van der Waals surface area (Å²) >= 11 is 0.980. The first-order valence-corrected chi connectivity index (χ1v) is 15.5. The molecule has 0 spiro atoms. The normalized spacial score (nSPS) is 17.1. The number of nitrogen functional groups attached to an aromatic ring is 1. The van der Waals surface area contributed by atoms with E-state index in [1.54, 1.807) is 16.7 Å². The summed E-state index contributed by atoms with van der Waals surface area (Å²) in [6.07, 6.45) is 5.61. The van der Waals surface area contributed by atoms with Crippen LogP contribution < -0.4 is 20.8 Å². The molecule has 3 aromatic rings. The monoisotopic (exact) mass is 667 g/mol. The van der Waals surface area contributed by atoms with E-state index in [0.29, 0.717) is 17.4 Å². The van der Waals surface area contributed by atoms with Crippen LogP contribution in [0.3, 0.4) is 0 Å². The minimum absolute atomic E-state index is 0.0303. The lowest BCUT2D eigenvalue weighted by Gasteiger charge is -2.50. The van der Waals surface area contributed by atoms with E-state index < -0.39 is 64.4 Å². The molecule has 1 aliphatic rings. The summed E-state index contributed by atoms with van der Waals surface area (Å²) in [7, 11) is -4.99. The van der Waals surface area contributed by atoms with Crippen LogP contribution in [0.2, 0.25) is 0 Å². The van der Waals surface area contributed by atoms with Gasteiger partial charge in [-0.15, -0.1) is 15.6 Å². The molecule has 0 radical (unpaired) electrons. The molecule has 1 amide bonds. The van der Waals surface area contributed by atoms with E-state index in [9.17, 15) is 27.9 Å². The molecule has 1 aliphatic heterocycles. The number of thiazole rings is 1. The minimum atomic E-state index is -4.99. The molecule has 1 unspecified atom stereocenters. The van der Waals surface area contributed by atoms with Gasteiger partial charge in [-0.3, -0.25) is 14.1 Å². The Balaban J connectivity index is 1.44. The summed E-state index contributed by atoms with van der Waals surface area (Å²) in [5, 5.41) is 15.4. The molecule has 3 aromatic heterocycles. The molecule has 2 atom stereocenters. The number of carbonyl (C=O) groups is 3. The Kier molecular flexibility index (Phi) is 10.1. The number of β-lactam (4-membered cyclic amide) rings is 1. The second-order valence-electron chi connectivity index (χ2n) is 10.3. The summed E-state index contributed by atoms with van der Waals surface area (Å²) in [6, 6.07) is 3.26. The van der Waals surface area contributed by atoms with E-state index in [-0.39, 0.29) is 16.6 Å². The van der Waals surface area contributed by atoms with Crippen molar-refractivity contribution in [2.75, 3.05) is 18.9 Å². The van der Waals surface area contributed by atoms with Crippen molar-refractivity contribution < 1.29 is 50.9 Å². The first-order chi connectivity index (χ1) is 21.2. The first kappa shape index (κ1) is 33.4. The van der Waals surface area contributed by atoms with Crippen LogP contribution in [0.4, 0.5) is 5.13 Å². The van der Waals surface area contributed by atoms with Gasteiger partial charge in [-0.1, -0.05) is 5.16 Å². The maximum atomic E-state index is 13.3. The molecule has 0 aromatic carbocycles. The number of oxime groups is 1. The van der Waals surface area contributed by atoms with Crippen molar-refractivity contribution in [1.82, 2.24) is 19.6 Å². The Morgan fingerprint density at radius 1 is 1.31 bits per heavy atom. The number of hydrogen-bond donors (Lipinski definition) is 4. The smallest absolute Gasteiger partial charge is 0.418 e. The lowest BCUT2D eigenvalue weighted by Crippen LogP contribution is -2.68. The standard InChI is InChI=1S/C25H30N8O10S2/c1-25(2)16(22(35)33(25)43-45(38,39)40)10-18(34)21(17-13-44-24(27)29-17)30-42-19(23(36)37)12-41-15-4-5-20(28-11-15)32-9-8-31(14-32)7-3-6-26/h4-5,8-9,11,13-14,16,19H,3,6-7,10,12,26H2,1-2H3,(H3-,27,29,36,37,38,39,40)/p+1/b30-21-/t16-,19?/m1/s1. The molecule has 18 nitrogen and oxygen atoms in total. The third-order valence-corrected chi connectivity index (χ3v) is 7.72. The van der Waals surface area contributed by atoms with Crippen LogP contribution in [0, 0.1) is 5.92 Å². The van der Waals surface area contributed by atoms with E-state index in [1.807, 2.05) is 23.3 Å². The molecule has 0 aliphatic carbocycles. The molecule has 45 heavy (non-hydrogen) atoms. The lowest BCUT2D eigenvalue weighted by atomic mass is 9.74. The van der Waals surface area contributed by atoms with Gasteiger partial charge in [0.2, 0.25) is 12.1 Å². The number of rotatable bonds is 16. The van der Waals surface area contributed by atoms with Crippen LogP contribution in [-0.2, 0) is 40.4 Å². The highest BCUT2D eigenvalue weighted by molar-refractivity contribution is 7.80. The van der Waals surface area contributed by atoms with Crippen molar-refractivity contribution in [2.45, 2.75) is 44.9 Å². The largest absolute Gasteiger partial charge is 0.487 e. The number of aromatic nitrogens is 4. The average molecular weight is 668 g/mol. The summed E-state index contributed by atoms with van der Waals surface area (Å²) < 4.78 is 44.7. The number of pyridine rings is 1. The Morgan fingerprint density at radius 3 is 2.64 bits per heavy atom. The predicted molar refractivity (Wildman–Crippen MR) is 155 cm³/mol. The molecule has 6 N–H and O–H groups in total. The Labute approximate surface area is 260 Å². The average Bonchev–Trinajstić information content (AvgIpc) is 3.64. The number of hydroxylamine groups is 2. The lowest BCUT2D eigenvalue weighted by molar-refractivity contribution is -0.696. The van der Waals surface area contributed by atoms with Crippen molar-refractivity contribution >= 4 is 50.2 Å². The Hall–Kier alpha value is -4.50. The fourth-order valence-corrected chi connectivity index (χ4v) is 5.27. The van der Waals surface area contributed by atoms with Crippen molar-refractivity contribution in [1.29, 1.82) is 0 Å². The molecule has 0 bridgehead atoms. The number of carboxylic acid groups (broad SMARTS) is 1.